The van der Waals surface area contributed by atoms with Gasteiger partial charge in [0, 0.05) is 26.7 Å². The molecule has 7 rings (SSSR count). The Kier molecular flexibility index (Phi) is 4.87. The van der Waals surface area contributed by atoms with Crippen LogP contribution in [0.25, 0.3) is 0 Å². The Bertz CT molecular complexity index is 1640. The molecule has 5 nitrogen and oxygen atoms in total. The number of halogens is 1. The van der Waals surface area contributed by atoms with Gasteiger partial charge in [-0.2, -0.15) is 0 Å². The predicted octanol–water partition coefficient (Wildman–Crippen LogP) is 6.19. The van der Waals surface area contributed by atoms with Crippen LogP contribution in [-0.2, 0) is 4.74 Å². The van der Waals surface area contributed by atoms with E-state index in [0.29, 0.717) is 15.6 Å². The second-order valence-electron chi connectivity index (χ2n) is 9.91. The molecule has 3 aliphatic rings. The molecule has 4 aromatic rings. The molecule has 4 aromatic carbocycles. The molecule has 1 saturated heterocycles. The first-order valence-electron chi connectivity index (χ1n) is 12.3. The summed E-state index contributed by atoms with van der Waals surface area (Å²) >= 11 is 3.50. The number of fused-ring (bicyclic) bond motifs is 2. The Labute approximate surface area is 226 Å². The van der Waals surface area contributed by atoms with Crippen LogP contribution in [0.1, 0.15) is 64.6 Å². The maximum Gasteiger partial charge on any atom is 0.204 e. The number of carbonyl (C=O) groups is 4. The summed E-state index contributed by atoms with van der Waals surface area (Å²) in [5.41, 5.74) is -1.88. The van der Waals surface area contributed by atoms with Crippen LogP contribution in [-0.4, -0.2) is 28.7 Å². The second kappa shape index (κ2) is 8.00. The lowest BCUT2D eigenvalue weighted by Gasteiger charge is -2.34. The number of carbonyl (C=O) groups excluding carboxylic acids is 4. The fourth-order valence-corrected chi connectivity index (χ4v) is 7.06. The Hall–Kier alpha value is -4.00. The molecule has 6 heteroatoms. The molecule has 2 atom stereocenters. The lowest BCUT2D eigenvalue weighted by molar-refractivity contribution is -0.0210. The van der Waals surface area contributed by atoms with Gasteiger partial charge in [0.05, 0.1) is 5.92 Å². The van der Waals surface area contributed by atoms with Crippen LogP contribution in [0, 0.1) is 5.41 Å². The maximum atomic E-state index is 14.6. The summed E-state index contributed by atoms with van der Waals surface area (Å²) in [5.74, 6) is -3.14. The Morgan fingerprint density at radius 2 is 1.03 bits per heavy atom. The van der Waals surface area contributed by atoms with Crippen LogP contribution in [0.3, 0.4) is 0 Å². The molecule has 0 bridgehead atoms. The standard InChI is InChI=1S/C32H19BrO5/c33-20-12-8-11-19(17-20)25-31(26(34)21-13-4-5-14-22(21)27(31)35)30(18-9-2-1-3-10-18)38-32(25)28(36)23-15-6-7-16-24(23)29(32)37/h1-17,25,30H/t25-,30-/m1/s1. The normalized spacial score (nSPS) is 22.3. The molecule has 1 aliphatic heterocycles. The first kappa shape index (κ1) is 23.1. The molecule has 1 heterocycles. The van der Waals surface area contributed by atoms with Crippen LogP contribution in [0.4, 0.5) is 0 Å². The van der Waals surface area contributed by atoms with Crippen LogP contribution in [0.2, 0.25) is 0 Å². The highest BCUT2D eigenvalue weighted by Crippen LogP contribution is 2.67. The molecule has 2 spiro atoms. The summed E-state index contributed by atoms with van der Waals surface area (Å²) in [5, 5.41) is 0. The third kappa shape index (κ3) is 2.69. The molecule has 0 amide bonds. The van der Waals surface area contributed by atoms with E-state index in [0.717, 1.165) is 0 Å². The number of hydrogen-bond donors (Lipinski definition) is 0. The third-order valence-corrected chi connectivity index (χ3v) is 8.62. The first-order valence-corrected chi connectivity index (χ1v) is 13.1. The number of rotatable bonds is 2. The SMILES string of the molecule is O=C1c2ccccc2C(=O)C12O[C@H](c1ccccc1)C1(C(=O)c3ccccc3C1=O)[C@H]2c1cccc(Br)c1. The van der Waals surface area contributed by atoms with Crippen LogP contribution in [0.5, 0.6) is 0 Å². The first-order chi connectivity index (χ1) is 18.4. The minimum absolute atomic E-state index is 0.233. The van der Waals surface area contributed by atoms with E-state index in [4.69, 9.17) is 4.74 Å². The van der Waals surface area contributed by atoms with Gasteiger partial charge in [-0.25, -0.2) is 0 Å². The average molecular weight is 563 g/mol. The highest BCUT2D eigenvalue weighted by Gasteiger charge is 2.79. The lowest BCUT2D eigenvalue weighted by Crippen LogP contribution is -2.51. The van der Waals surface area contributed by atoms with E-state index >= 15 is 0 Å². The van der Waals surface area contributed by atoms with Gasteiger partial charge in [0.25, 0.3) is 0 Å². The van der Waals surface area contributed by atoms with Gasteiger partial charge in [0.1, 0.15) is 11.5 Å². The van der Waals surface area contributed by atoms with E-state index in [1.807, 2.05) is 12.1 Å². The Balaban J connectivity index is 1.60. The van der Waals surface area contributed by atoms with Crippen molar-refractivity contribution in [1.82, 2.24) is 0 Å². The van der Waals surface area contributed by atoms with Crippen LogP contribution in [0.15, 0.2) is 108 Å². The number of ketones is 4. The molecule has 0 saturated carbocycles. The zero-order valence-corrected chi connectivity index (χ0v) is 21.5. The van der Waals surface area contributed by atoms with E-state index in [-0.39, 0.29) is 22.3 Å². The van der Waals surface area contributed by atoms with Crippen LogP contribution >= 0.6 is 15.9 Å². The topological polar surface area (TPSA) is 77.5 Å². The van der Waals surface area contributed by atoms with Crippen molar-refractivity contribution < 1.29 is 23.9 Å². The van der Waals surface area contributed by atoms with Gasteiger partial charge in [0.2, 0.25) is 17.2 Å². The minimum Gasteiger partial charge on any atom is -0.348 e. The average Bonchev–Trinajstić information content (AvgIpc) is 3.48. The highest BCUT2D eigenvalue weighted by molar-refractivity contribution is 9.10. The maximum absolute atomic E-state index is 14.6. The summed E-state index contributed by atoms with van der Waals surface area (Å²) in [4.78, 5) is 57.8. The Morgan fingerprint density at radius 1 is 0.553 bits per heavy atom. The van der Waals surface area contributed by atoms with E-state index in [1.54, 1.807) is 91.0 Å². The van der Waals surface area contributed by atoms with Gasteiger partial charge in [-0.15, -0.1) is 0 Å². The fourth-order valence-electron chi connectivity index (χ4n) is 6.64. The Morgan fingerprint density at radius 3 is 1.55 bits per heavy atom. The quantitative estimate of drug-likeness (QED) is 0.272. The summed E-state index contributed by atoms with van der Waals surface area (Å²) in [6, 6.07) is 29.3. The van der Waals surface area contributed by atoms with Gasteiger partial charge in [-0.1, -0.05) is 107 Å². The number of ether oxygens (including phenoxy) is 1. The van der Waals surface area contributed by atoms with E-state index in [9.17, 15) is 19.2 Å². The molecule has 1 fully saturated rings. The number of Topliss-reactive ketones (excluding diaryl/α,β-unsaturated/α-hetero) is 4. The number of hydrogen-bond acceptors (Lipinski definition) is 5. The van der Waals surface area contributed by atoms with Crippen molar-refractivity contribution in [1.29, 1.82) is 0 Å². The molecule has 184 valence electrons. The zero-order chi connectivity index (χ0) is 26.2. The van der Waals surface area contributed by atoms with E-state index in [1.165, 1.54) is 0 Å². The molecular weight excluding hydrogens is 544 g/mol. The van der Waals surface area contributed by atoms with Crippen molar-refractivity contribution in [3.63, 3.8) is 0 Å². The van der Waals surface area contributed by atoms with Crippen molar-refractivity contribution in [3.05, 3.63) is 141 Å². The van der Waals surface area contributed by atoms with Gasteiger partial charge in [-0.05, 0) is 23.3 Å². The lowest BCUT2D eigenvalue weighted by atomic mass is 9.60. The van der Waals surface area contributed by atoms with E-state index < -0.39 is 46.2 Å². The molecule has 0 radical (unpaired) electrons. The van der Waals surface area contributed by atoms with Crippen molar-refractivity contribution >= 4 is 39.1 Å². The zero-order valence-electron chi connectivity index (χ0n) is 19.9. The largest absolute Gasteiger partial charge is 0.348 e. The summed E-state index contributed by atoms with van der Waals surface area (Å²) in [6.07, 6.45) is -1.16. The van der Waals surface area contributed by atoms with Crippen molar-refractivity contribution in [2.45, 2.75) is 17.6 Å². The molecule has 38 heavy (non-hydrogen) atoms. The summed E-state index contributed by atoms with van der Waals surface area (Å²) in [7, 11) is 0. The van der Waals surface area contributed by atoms with Gasteiger partial charge in [0.15, 0.2) is 11.6 Å². The molecule has 0 unspecified atom stereocenters. The van der Waals surface area contributed by atoms with Crippen molar-refractivity contribution in [2.24, 2.45) is 5.41 Å². The third-order valence-electron chi connectivity index (χ3n) is 8.12. The highest BCUT2D eigenvalue weighted by atomic mass is 79.9. The van der Waals surface area contributed by atoms with Gasteiger partial charge in [-0.3, -0.25) is 19.2 Å². The van der Waals surface area contributed by atoms with E-state index in [2.05, 4.69) is 15.9 Å². The van der Waals surface area contributed by atoms with Crippen LogP contribution < -0.4 is 0 Å². The fraction of sp³-hybridized carbons (Fsp3) is 0.125. The molecule has 0 aromatic heterocycles. The van der Waals surface area contributed by atoms with Gasteiger partial charge >= 0.3 is 0 Å². The molecular formula is C32H19BrO5. The molecule has 0 N–H and O–H groups in total. The number of benzene rings is 4. The molecule has 2 aliphatic carbocycles. The predicted molar refractivity (Wildman–Crippen MR) is 143 cm³/mol. The van der Waals surface area contributed by atoms with Crippen molar-refractivity contribution in [2.75, 3.05) is 0 Å². The minimum atomic E-state index is -2.08. The van der Waals surface area contributed by atoms with Crippen molar-refractivity contribution in [3.8, 4) is 0 Å². The summed E-state index contributed by atoms with van der Waals surface area (Å²) < 4.78 is 7.35. The monoisotopic (exact) mass is 562 g/mol. The smallest absolute Gasteiger partial charge is 0.204 e. The summed E-state index contributed by atoms with van der Waals surface area (Å²) in [6.45, 7) is 0. The van der Waals surface area contributed by atoms with Gasteiger partial charge < -0.3 is 4.74 Å². The second-order valence-corrected chi connectivity index (χ2v) is 10.8.